The maximum atomic E-state index is 12.5. The molecule has 0 radical (unpaired) electrons. The van der Waals surface area contributed by atoms with E-state index in [1.54, 1.807) is 13.3 Å². The third-order valence-corrected chi connectivity index (χ3v) is 6.18. The zero-order valence-corrected chi connectivity index (χ0v) is 16.5. The summed E-state index contributed by atoms with van der Waals surface area (Å²) in [7, 11) is 1.60. The van der Waals surface area contributed by atoms with Gasteiger partial charge in [-0.25, -0.2) is 0 Å². The van der Waals surface area contributed by atoms with E-state index in [0.717, 1.165) is 57.6 Å². The fourth-order valence-electron chi connectivity index (χ4n) is 4.36. The number of carbonyl (C=O) groups is 2. The number of hydrogen-bond acceptors (Lipinski definition) is 4. The number of piperidine rings is 2. The minimum Gasteiger partial charge on any atom is -0.372 e. The van der Waals surface area contributed by atoms with Crippen molar-refractivity contribution in [2.24, 2.45) is 5.41 Å². The molecular formula is C21H31N3O3. The average Bonchev–Trinajstić information content (AvgIpc) is 2.71. The Morgan fingerprint density at radius 1 is 1.30 bits per heavy atom. The zero-order valence-electron chi connectivity index (χ0n) is 16.5. The summed E-state index contributed by atoms with van der Waals surface area (Å²) >= 11 is 0. The molecule has 2 fully saturated rings. The van der Waals surface area contributed by atoms with Gasteiger partial charge in [0.25, 0.3) is 5.91 Å². The molecule has 0 aliphatic carbocycles. The molecule has 1 atom stereocenters. The summed E-state index contributed by atoms with van der Waals surface area (Å²) in [5.74, 6) is 0.356. The number of amides is 2. The van der Waals surface area contributed by atoms with E-state index in [0.29, 0.717) is 12.8 Å². The summed E-state index contributed by atoms with van der Waals surface area (Å²) in [6.07, 6.45) is 6.44. The third kappa shape index (κ3) is 4.67. The van der Waals surface area contributed by atoms with Crippen molar-refractivity contribution in [1.82, 2.24) is 14.8 Å². The molecule has 0 saturated carbocycles. The molecule has 1 aromatic rings. The lowest BCUT2D eigenvalue weighted by Crippen LogP contribution is -2.54. The lowest BCUT2D eigenvalue weighted by Gasteiger charge is -2.47. The quantitative estimate of drug-likeness (QED) is 0.767. The number of ether oxygens (including phenoxy) is 1. The lowest BCUT2D eigenvalue weighted by atomic mass is 9.72. The van der Waals surface area contributed by atoms with E-state index in [1.807, 2.05) is 34.9 Å². The summed E-state index contributed by atoms with van der Waals surface area (Å²) in [6, 6.07) is 5.90. The molecule has 0 N–H and O–H groups in total. The number of methoxy groups -OCH3 is 1. The molecular weight excluding hydrogens is 342 g/mol. The lowest BCUT2D eigenvalue weighted by molar-refractivity contribution is -0.148. The Morgan fingerprint density at radius 2 is 2.07 bits per heavy atom. The molecule has 1 spiro atoms. The highest BCUT2D eigenvalue weighted by atomic mass is 16.5. The van der Waals surface area contributed by atoms with Gasteiger partial charge in [0.1, 0.15) is 6.10 Å². The number of pyridine rings is 1. The molecule has 0 unspecified atom stereocenters. The molecule has 6 nitrogen and oxygen atoms in total. The van der Waals surface area contributed by atoms with Crippen molar-refractivity contribution in [3.05, 3.63) is 30.1 Å². The molecule has 3 heterocycles. The van der Waals surface area contributed by atoms with Crippen molar-refractivity contribution < 1.29 is 14.3 Å². The third-order valence-electron chi connectivity index (χ3n) is 6.18. The van der Waals surface area contributed by atoms with E-state index in [9.17, 15) is 9.59 Å². The van der Waals surface area contributed by atoms with Gasteiger partial charge in [-0.1, -0.05) is 13.0 Å². The predicted molar refractivity (Wildman–Crippen MR) is 103 cm³/mol. The molecule has 148 valence electrons. The number of rotatable bonds is 6. The number of hydrogen-bond donors (Lipinski definition) is 0. The van der Waals surface area contributed by atoms with E-state index >= 15 is 0 Å². The van der Waals surface area contributed by atoms with Gasteiger partial charge in [-0.2, -0.15) is 0 Å². The van der Waals surface area contributed by atoms with E-state index in [1.165, 1.54) is 0 Å². The van der Waals surface area contributed by atoms with Crippen LogP contribution in [0.1, 0.15) is 44.7 Å². The Hall–Kier alpha value is -1.95. The van der Waals surface area contributed by atoms with Crippen LogP contribution in [-0.2, 0) is 20.7 Å². The van der Waals surface area contributed by atoms with Crippen molar-refractivity contribution >= 4 is 11.8 Å². The topological polar surface area (TPSA) is 62.7 Å². The van der Waals surface area contributed by atoms with Crippen LogP contribution in [0.4, 0.5) is 0 Å². The van der Waals surface area contributed by atoms with Crippen LogP contribution in [0, 0.1) is 5.41 Å². The monoisotopic (exact) mass is 373 g/mol. The summed E-state index contributed by atoms with van der Waals surface area (Å²) in [6.45, 7) is 5.04. The van der Waals surface area contributed by atoms with E-state index in [-0.39, 0.29) is 23.3 Å². The van der Waals surface area contributed by atoms with Crippen molar-refractivity contribution in [1.29, 1.82) is 0 Å². The molecule has 1 aromatic heterocycles. The Kier molecular flexibility index (Phi) is 6.47. The fourth-order valence-corrected chi connectivity index (χ4v) is 4.36. The molecule has 3 rings (SSSR count). The van der Waals surface area contributed by atoms with Crippen molar-refractivity contribution in [3.8, 4) is 0 Å². The second-order valence-corrected chi connectivity index (χ2v) is 7.84. The van der Waals surface area contributed by atoms with Gasteiger partial charge in [-0.05, 0) is 43.2 Å². The smallest absolute Gasteiger partial charge is 0.251 e. The molecule has 0 bridgehead atoms. The molecule has 2 aliphatic rings. The van der Waals surface area contributed by atoms with Crippen LogP contribution < -0.4 is 0 Å². The highest BCUT2D eigenvalue weighted by Crippen LogP contribution is 2.40. The first-order valence-electron chi connectivity index (χ1n) is 10.1. The second-order valence-electron chi connectivity index (χ2n) is 7.84. The Balaban J connectivity index is 1.56. The van der Waals surface area contributed by atoms with Crippen molar-refractivity contribution in [2.45, 2.75) is 51.6 Å². The number of likely N-dealkylation sites (tertiary alicyclic amines) is 2. The van der Waals surface area contributed by atoms with Crippen molar-refractivity contribution in [2.75, 3.05) is 33.3 Å². The van der Waals surface area contributed by atoms with Crippen LogP contribution >= 0.6 is 0 Å². The van der Waals surface area contributed by atoms with Gasteiger partial charge < -0.3 is 14.5 Å². The Bertz CT molecular complexity index is 637. The molecule has 2 saturated heterocycles. The predicted octanol–water partition coefficient (Wildman–Crippen LogP) is 2.28. The first kappa shape index (κ1) is 19.8. The van der Waals surface area contributed by atoms with E-state index in [2.05, 4.69) is 4.98 Å². The van der Waals surface area contributed by atoms with Crippen LogP contribution in [0.15, 0.2) is 24.4 Å². The number of carbonyl (C=O) groups excluding carboxylic acids is 2. The standard InChI is InChI=1S/C21H31N3O3/c1-3-18(27-2)20(26)23-14-10-21(11-15-23)9-7-19(25)24(16-21)13-8-17-6-4-5-12-22-17/h4-6,12,18H,3,7-11,13-16H2,1-2H3/t18-/m0/s1. The normalized spacial score (nSPS) is 20.7. The van der Waals surface area contributed by atoms with Crippen LogP contribution in [0.5, 0.6) is 0 Å². The summed E-state index contributed by atoms with van der Waals surface area (Å²) in [5, 5.41) is 0. The zero-order chi connectivity index (χ0) is 19.3. The summed E-state index contributed by atoms with van der Waals surface area (Å²) in [5.41, 5.74) is 1.18. The van der Waals surface area contributed by atoms with Crippen LogP contribution in [0.25, 0.3) is 0 Å². The minimum absolute atomic E-state index is 0.105. The van der Waals surface area contributed by atoms with Crippen LogP contribution in [-0.4, -0.2) is 66.0 Å². The number of nitrogens with zero attached hydrogens (tertiary/aromatic N) is 3. The summed E-state index contributed by atoms with van der Waals surface area (Å²) < 4.78 is 5.31. The maximum absolute atomic E-state index is 12.5. The molecule has 2 aliphatic heterocycles. The fraction of sp³-hybridized carbons (Fsp3) is 0.667. The largest absolute Gasteiger partial charge is 0.372 e. The van der Waals surface area contributed by atoms with Crippen LogP contribution in [0.3, 0.4) is 0 Å². The second kappa shape index (κ2) is 8.83. The van der Waals surface area contributed by atoms with Gasteiger partial charge >= 0.3 is 0 Å². The van der Waals surface area contributed by atoms with Gasteiger partial charge in [0.15, 0.2) is 0 Å². The number of aromatic nitrogens is 1. The van der Waals surface area contributed by atoms with Gasteiger partial charge in [0.05, 0.1) is 0 Å². The Morgan fingerprint density at radius 3 is 2.70 bits per heavy atom. The molecule has 0 aromatic carbocycles. The van der Waals surface area contributed by atoms with Gasteiger partial charge in [0.2, 0.25) is 5.91 Å². The van der Waals surface area contributed by atoms with Gasteiger partial charge in [-0.15, -0.1) is 0 Å². The SMILES string of the molecule is CC[C@H](OC)C(=O)N1CCC2(CCC(=O)N(CCc3ccccn3)C2)CC1. The highest BCUT2D eigenvalue weighted by Gasteiger charge is 2.42. The van der Waals surface area contributed by atoms with E-state index in [4.69, 9.17) is 4.74 Å². The van der Waals surface area contributed by atoms with Crippen molar-refractivity contribution in [3.63, 3.8) is 0 Å². The average molecular weight is 373 g/mol. The first-order chi connectivity index (χ1) is 13.1. The molecule has 27 heavy (non-hydrogen) atoms. The minimum atomic E-state index is -0.332. The first-order valence-corrected chi connectivity index (χ1v) is 10.1. The maximum Gasteiger partial charge on any atom is 0.251 e. The summed E-state index contributed by atoms with van der Waals surface area (Å²) in [4.78, 5) is 33.3. The highest BCUT2D eigenvalue weighted by molar-refractivity contribution is 5.81. The van der Waals surface area contributed by atoms with Crippen LogP contribution in [0.2, 0.25) is 0 Å². The molecule has 6 heteroatoms. The Labute approximate surface area is 161 Å². The van der Waals surface area contributed by atoms with Gasteiger partial charge in [0, 0.05) is 58.0 Å². The van der Waals surface area contributed by atoms with Gasteiger partial charge in [-0.3, -0.25) is 14.6 Å². The van der Waals surface area contributed by atoms with E-state index < -0.39 is 0 Å². The molecule has 2 amide bonds.